The summed E-state index contributed by atoms with van der Waals surface area (Å²) in [6, 6.07) is 25.6. The van der Waals surface area contributed by atoms with E-state index in [2.05, 4.69) is 63.5 Å². The van der Waals surface area contributed by atoms with Crippen LogP contribution >= 0.6 is 11.8 Å². The molecule has 0 bridgehead atoms. The molecule has 0 aliphatic heterocycles. The van der Waals surface area contributed by atoms with Crippen molar-refractivity contribution in [3.63, 3.8) is 0 Å². The number of benzene rings is 3. The molecule has 34 heavy (non-hydrogen) atoms. The monoisotopic (exact) mass is 470 g/mol. The number of amides is 2. The average Bonchev–Trinajstić information content (AvgIpc) is 3.22. The SMILES string of the molecule is CC(=O)Nc1ccc(NC(=O)CSc2ncc(-c3ccc(C)cc3)n2Cc2ccccc2)cc1. The second kappa shape index (κ2) is 10.9. The van der Waals surface area contributed by atoms with Gasteiger partial charge in [-0.1, -0.05) is 71.9 Å². The number of carbonyl (C=O) groups excluding carboxylic acids is 2. The van der Waals surface area contributed by atoms with Crippen molar-refractivity contribution in [2.75, 3.05) is 16.4 Å². The van der Waals surface area contributed by atoms with Crippen LogP contribution in [0.2, 0.25) is 0 Å². The number of imidazole rings is 1. The predicted molar refractivity (Wildman–Crippen MR) is 138 cm³/mol. The fraction of sp³-hybridized carbons (Fsp3) is 0.148. The molecule has 3 aromatic carbocycles. The van der Waals surface area contributed by atoms with Crippen molar-refractivity contribution in [2.45, 2.75) is 25.5 Å². The standard InChI is InChI=1S/C27H26N4O2S/c1-19-8-10-22(11-9-19)25-16-28-27(31(25)17-21-6-4-3-5-7-21)34-18-26(33)30-24-14-12-23(13-15-24)29-20(2)32/h3-16H,17-18H2,1-2H3,(H,29,32)(H,30,33). The third kappa shape index (κ3) is 6.14. The van der Waals surface area contributed by atoms with Gasteiger partial charge in [0.15, 0.2) is 5.16 Å². The third-order valence-electron chi connectivity index (χ3n) is 5.17. The maximum absolute atomic E-state index is 12.6. The van der Waals surface area contributed by atoms with Crippen molar-refractivity contribution in [1.82, 2.24) is 9.55 Å². The molecule has 0 aliphatic rings. The molecule has 0 atom stereocenters. The second-order valence-corrected chi connectivity index (χ2v) is 8.90. The summed E-state index contributed by atoms with van der Waals surface area (Å²) in [5, 5.41) is 6.39. The first kappa shape index (κ1) is 23.3. The molecule has 0 aliphatic carbocycles. The molecule has 4 aromatic rings. The number of hydrogen-bond donors (Lipinski definition) is 2. The Bertz CT molecular complexity index is 1270. The first-order valence-electron chi connectivity index (χ1n) is 10.9. The summed E-state index contributed by atoms with van der Waals surface area (Å²) < 4.78 is 2.15. The molecule has 0 saturated carbocycles. The summed E-state index contributed by atoms with van der Waals surface area (Å²) >= 11 is 1.41. The number of carbonyl (C=O) groups is 2. The van der Waals surface area contributed by atoms with Gasteiger partial charge in [-0.05, 0) is 42.3 Å². The van der Waals surface area contributed by atoms with Crippen molar-refractivity contribution in [3.8, 4) is 11.3 Å². The van der Waals surface area contributed by atoms with Crippen molar-refractivity contribution in [3.05, 3.63) is 96.2 Å². The van der Waals surface area contributed by atoms with Crippen LogP contribution in [0.1, 0.15) is 18.1 Å². The lowest BCUT2D eigenvalue weighted by atomic mass is 10.1. The fourth-order valence-corrected chi connectivity index (χ4v) is 4.29. The van der Waals surface area contributed by atoms with Gasteiger partial charge >= 0.3 is 0 Å². The summed E-state index contributed by atoms with van der Waals surface area (Å²) in [6.07, 6.45) is 1.87. The third-order valence-corrected chi connectivity index (χ3v) is 6.16. The van der Waals surface area contributed by atoms with E-state index in [1.165, 1.54) is 29.8 Å². The molecule has 1 heterocycles. The number of thioether (sulfide) groups is 1. The lowest BCUT2D eigenvalue weighted by molar-refractivity contribution is -0.114. The van der Waals surface area contributed by atoms with E-state index >= 15 is 0 Å². The van der Waals surface area contributed by atoms with Crippen LogP contribution in [0.5, 0.6) is 0 Å². The number of hydrogen-bond acceptors (Lipinski definition) is 4. The van der Waals surface area contributed by atoms with Crippen LogP contribution in [0.15, 0.2) is 90.2 Å². The number of rotatable bonds is 8. The highest BCUT2D eigenvalue weighted by Crippen LogP contribution is 2.28. The number of anilines is 2. The number of aromatic nitrogens is 2. The normalized spacial score (nSPS) is 10.6. The molecule has 6 nitrogen and oxygen atoms in total. The van der Waals surface area contributed by atoms with Crippen molar-refractivity contribution < 1.29 is 9.59 Å². The Labute approximate surface area is 203 Å². The van der Waals surface area contributed by atoms with Gasteiger partial charge in [-0.25, -0.2) is 4.98 Å². The number of nitrogens with one attached hydrogen (secondary N) is 2. The zero-order valence-electron chi connectivity index (χ0n) is 19.1. The summed E-state index contributed by atoms with van der Waals surface area (Å²) in [6.45, 7) is 4.19. The first-order chi connectivity index (χ1) is 16.5. The molecule has 0 spiro atoms. The van der Waals surface area contributed by atoms with Gasteiger partial charge in [0.2, 0.25) is 11.8 Å². The Balaban J connectivity index is 1.48. The molecule has 4 rings (SSSR count). The van der Waals surface area contributed by atoms with E-state index in [-0.39, 0.29) is 17.6 Å². The maximum Gasteiger partial charge on any atom is 0.234 e. The first-order valence-corrected chi connectivity index (χ1v) is 11.9. The van der Waals surface area contributed by atoms with E-state index < -0.39 is 0 Å². The predicted octanol–water partition coefficient (Wildman–Crippen LogP) is 5.60. The quantitative estimate of drug-likeness (QED) is 0.329. The minimum Gasteiger partial charge on any atom is -0.326 e. The lowest BCUT2D eigenvalue weighted by Gasteiger charge is -2.13. The molecule has 0 fully saturated rings. The largest absolute Gasteiger partial charge is 0.326 e. The highest BCUT2D eigenvalue weighted by molar-refractivity contribution is 7.99. The van der Waals surface area contributed by atoms with Gasteiger partial charge in [-0.3, -0.25) is 9.59 Å². The van der Waals surface area contributed by atoms with Gasteiger partial charge in [0.25, 0.3) is 0 Å². The van der Waals surface area contributed by atoms with Crippen LogP contribution in [0.3, 0.4) is 0 Å². The van der Waals surface area contributed by atoms with E-state index in [4.69, 9.17) is 0 Å². The Morgan fingerprint density at radius 3 is 2.18 bits per heavy atom. The van der Waals surface area contributed by atoms with E-state index in [1.807, 2.05) is 24.4 Å². The van der Waals surface area contributed by atoms with Crippen molar-refractivity contribution in [1.29, 1.82) is 0 Å². The van der Waals surface area contributed by atoms with E-state index in [0.717, 1.165) is 16.4 Å². The zero-order chi connectivity index (χ0) is 23.9. The van der Waals surface area contributed by atoms with E-state index in [0.29, 0.717) is 17.9 Å². The summed E-state index contributed by atoms with van der Waals surface area (Å²) in [5.74, 6) is -0.0281. The molecular formula is C27H26N4O2S. The second-order valence-electron chi connectivity index (χ2n) is 7.96. The van der Waals surface area contributed by atoms with Crippen LogP contribution in [0.4, 0.5) is 11.4 Å². The Hall–Kier alpha value is -3.84. The highest BCUT2D eigenvalue weighted by atomic mass is 32.2. The number of nitrogens with zero attached hydrogens (tertiary/aromatic N) is 2. The van der Waals surface area contributed by atoms with Gasteiger partial charge < -0.3 is 15.2 Å². The highest BCUT2D eigenvalue weighted by Gasteiger charge is 2.15. The molecule has 2 N–H and O–H groups in total. The molecule has 0 radical (unpaired) electrons. The number of aryl methyl sites for hydroxylation is 1. The molecule has 0 unspecified atom stereocenters. The average molecular weight is 471 g/mol. The lowest BCUT2D eigenvalue weighted by Crippen LogP contribution is -2.15. The Morgan fingerprint density at radius 1 is 0.882 bits per heavy atom. The topological polar surface area (TPSA) is 76.0 Å². The van der Waals surface area contributed by atoms with Gasteiger partial charge in [-0.2, -0.15) is 0 Å². The van der Waals surface area contributed by atoms with Gasteiger partial charge in [0, 0.05) is 18.3 Å². The molecule has 1 aromatic heterocycles. The van der Waals surface area contributed by atoms with Crippen molar-refractivity contribution >= 4 is 35.0 Å². The van der Waals surface area contributed by atoms with Gasteiger partial charge in [0.05, 0.1) is 24.2 Å². The Morgan fingerprint density at radius 2 is 1.53 bits per heavy atom. The molecule has 7 heteroatoms. The summed E-state index contributed by atoms with van der Waals surface area (Å²) in [4.78, 5) is 28.4. The van der Waals surface area contributed by atoms with Crippen LogP contribution in [0, 0.1) is 6.92 Å². The summed E-state index contributed by atoms with van der Waals surface area (Å²) in [7, 11) is 0. The van der Waals surface area contributed by atoms with Crippen LogP contribution in [-0.4, -0.2) is 27.1 Å². The smallest absolute Gasteiger partial charge is 0.234 e. The fourth-order valence-electron chi connectivity index (χ4n) is 3.51. The maximum atomic E-state index is 12.6. The zero-order valence-corrected chi connectivity index (χ0v) is 19.9. The minimum absolute atomic E-state index is 0.122. The van der Waals surface area contributed by atoms with Crippen LogP contribution in [-0.2, 0) is 16.1 Å². The van der Waals surface area contributed by atoms with Crippen LogP contribution < -0.4 is 10.6 Å². The van der Waals surface area contributed by atoms with Crippen LogP contribution in [0.25, 0.3) is 11.3 Å². The van der Waals surface area contributed by atoms with Gasteiger partial charge in [0.1, 0.15) is 0 Å². The van der Waals surface area contributed by atoms with Crippen molar-refractivity contribution in [2.24, 2.45) is 0 Å². The molecule has 0 saturated heterocycles. The van der Waals surface area contributed by atoms with E-state index in [9.17, 15) is 9.59 Å². The van der Waals surface area contributed by atoms with Gasteiger partial charge in [-0.15, -0.1) is 0 Å². The minimum atomic E-state index is -0.135. The molecular weight excluding hydrogens is 444 g/mol. The molecule has 2 amide bonds. The summed E-state index contributed by atoms with van der Waals surface area (Å²) in [5.41, 5.74) is 5.83. The molecule has 172 valence electrons. The van der Waals surface area contributed by atoms with E-state index in [1.54, 1.807) is 24.3 Å². The Kier molecular flexibility index (Phi) is 7.44.